The van der Waals surface area contributed by atoms with Crippen LogP contribution in [0.1, 0.15) is 22.7 Å². The van der Waals surface area contributed by atoms with E-state index in [1.165, 1.54) is 0 Å². The summed E-state index contributed by atoms with van der Waals surface area (Å²) in [6.45, 7) is 0. The fourth-order valence-electron chi connectivity index (χ4n) is 1.98. The van der Waals surface area contributed by atoms with Crippen molar-refractivity contribution < 1.29 is 5.11 Å². The maximum Gasteiger partial charge on any atom is 0.0991 e. The van der Waals surface area contributed by atoms with Gasteiger partial charge in [0.05, 0.1) is 23.8 Å². The van der Waals surface area contributed by atoms with Crippen LogP contribution in [-0.4, -0.2) is 11.2 Å². The average molecular weight is 252 g/mol. The Bertz CT molecular complexity index is 558. The molecule has 0 saturated carbocycles. The highest BCUT2D eigenvalue weighted by atomic mass is 16.3. The quantitative estimate of drug-likeness (QED) is 0.876. The van der Waals surface area contributed by atoms with Crippen LogP contribution in [-0.2, 0) is 6.42 Å². The predicted octanol–water partition coefficient (Wildman–Crippen LogP) is 2.16. The van der Waals surface area contributed by atoms with Gasteiger partial charge in [-0.2, -0.15) is 5.26 Å². The number of benzene rings is 2. The van der Waals surface area contributed by atoms with Gasteiger partial charge in [0.1, 0.15) is 0 Å². The van der Waals surface area contributed by atoms with Gasteiger partial charge in [-0.05, 0) is 23.3 Å². The summed E-state index contributed by atoms with van der Waals surface area (Å²) in [6.07, 6.45) is -0.127. The zero-order valence-electron chi connectivity index (χ0n) is 10.5. The fourth-order valence-corrected chi connectivity index (χ4v) is 1.98. The zero-order chi connectivity index (χ0) is 13.7. The molecular weight excluding hydrogens is 236 g/mol. The number of rotatable bonds is 4. The van der Waals surface area contributed by atoms with Gasteiger partial charge in [0.2, 0.25) is 0 Å². The Kier molecular flexibility index (Phi) is 4.30. The van der Waals surface area contributed by atoms with Crippen LogP contribution >= 0.6 is 0 Å². The molecule has 0 radical (unpaired) electrons. The maximum absolute atomic E-state index is 10.2. The first-order valence-corrected chi connectivity index (χ1v) is 6.18. The van der Waals surface area contributed by atoms with Crippen molar-refractivity contribution >= 4 is 0 Å². The lowest BCUT2D eigenvalue weighted by Gasteiger charge is -2.19. The Morgan fingerprint density at radius 2 is 1.68 bits per heavy atom. The van der Waals surface area contributed by atoms with Gasteiger partial charge < -0.3 is 10.8 Å². The van der Waals surface area contributed by atoms with E-state index in [-0.39, 0.29) is 0 Å². The lowest BCUT2D eigenvalue weighted by atomic mass is 9.96. The minimum atomic E-state index is -0.643. The summed E-state index contributed by atoms with van der Waals surface area (Å²) < 4.78 is 0. The van der Waals surface area contributed by atoms with Crippen molar-refractivity contribution in [1.29, 1.82) is 5.26 Å². The molecule has 0 saturated heterocycles. The van der Waals surface area contributed by atoms with Gasteiger partial charge in [0, 0.05) is 6.42 Å². The van der Waals surface area contributed by atoms with E-state index in [9.17, 15) is 5.11 Å². The second-order valence-electron chi connectivity index (χ2n) is 4.52. The molecule has 2 rings (SSSR count). The number of hydrogen-bond acceptors (Lipinski definition) is 3. The molecule has 0 amide bonds. The SMILES string of the molecule is N#Cc1ccc([C@@H](N)[C@@H](O)Cc2ccccc2)cc1. The first-order chi connectivity index (χ1) is 9.20. The van der Waals surface area contributed by atoms with E-state index < -0.39 is 12.1 Å². The lowest BCUT2D eigenvalue weighted by molar-refractivity contribution is 0.145. The molecule has 0 bridgehead atoms. The van der Waals surface area contributed by atoms with Crippen molar-refractivity contribution in [3.63, 3.8) is 0 Å². The molecule has 0 spiro atoms. The molecule has 0 aliphatic heterocycles. The Morgan fingerprint density at radius 1 is 1.05 bits per heavy atom. The van der Waals surface area contributed by atoms with Gasteiger partial charge in [-0.1, -0.05) is 42.5 Å². The largest absolute Gasteiger partial charge is 0.391 e. The number of nitrogens with zero attached hydrogens (tertiary/aromatic N) is 1. The summed E-state index contributed by atoms with van der Waals surface area (Å²) >= 11 is 0. The molecule has 3 heteroatoms. The molecule has 19 heavy (non-hydrogen) atoms. The van der Waals surface area contributed by atoms with E-state index in [1.807, 2.05) is 30.3 Å². The summed E-state index contributed by atoms with van der Waals surface area (Å²) in [7, 11) is 0. The van der Waals surface area contributed by atoms with Gasteiger partial charge >= 0.3 is 0 Å². The molecule has 0 aliphatic carbocycles. The standard InChI is InChI=1S/C16H16N2O/c17-11-13-6-8-14(9-7-13)16(18)15(19)10-12-4-2-1-3-5-12/h1-9,15-16,19H,10,18H2/t15-,16+/m0/s1. The third kappa shape index (κ3) is 3.41. The molecule has 2 aromatic carbocycles. The molecule has 0 aliphatic rings. The summed E-state index contributed by atoms with van der Waals surface area (Å²) in [6, 6.07) is 18.4. The second kappa shape index (κ2) is 6.14. The van der Waals surface area contributed by atoms with Gasteiger partial charge in [0.15, 0.2) is 0 Å². The van der Waals surface area contributed by atoms with E-state index >= 15 is 0 Å². The summed E-state index contributed by atoms with van der Waals surface area (Å²) in [5, 5.41) is 18.9. The first kappa shape index (κ1) is 13.3. The van der Waals surface area contributed by atoms with Crippen molar-refractivity contribution in [2.24, 2.45) is 5.73 Å². The third-order valence-corrected chi connectivity index (χ3v) is 3.13. The molecule has 2 atom stereocenters. The van der Waals surface area contributed by atoms with Crippen LogP contribution in [0, 0.1) is 11.3 Å². The minimum Gasteiger partial charge on any atom is -0.391 e. The van der Waals surface area contributed by atoms with Gasteiger partial charge in [-0.3, -0.25) is 0 Å². The molecule has 0 unspecified atom stereocenters. The van der Waals surface area contributed by atoms with Crippen LogP contribution in [0.2, 0.25) is 0 Å². The molecule has 0 aromatic heterocycles. The Labute approximate surface area is 112 Å². The third-order valence-electron chi connectivity index (χ3n) is 3.13. The van der Waals surface area contributed by atoms with E-state index in [4.69, 9.17) is 11.0 Å². The predicted molar refractivity (Wildman–Crippen MR) is 74.2 cm³/mol. The Hall–Kier alpha value is -2.15. The second-order valence-corrected chi connectivity index (χ2v) is 4.52. The molecule has 3 N–H and O–H groups in total. The van der Waals surface area contributed by atoms with Gasteiger partial charge in [-0.15, -0.1) is 0 Å². The summed E-state index contributed by atoms with van der Waals surface area (Å²) in [5.41, 5.74) is 8.53. The van der Waals surface area contributed by atoms with Gasteiger partial charge in [0.25, 0.3) is 0 Å². The molecule has 3 nitrogen and oxygen atoms in total. The van der Waals surface area contributed by atoms with Crippen molar-refractivity contribution in [1.82, 2.24) is 0 Å². The van der Waals surface area contributed by atoms with E-state index in [0.29, 0.717) is 12.0 Å². The number of nitriles is 1. The van der Waals surface area contributed by atoms with Crippen LogP contribution in [0.25, 0.3) is 0 Å². The molecule has 2 aromatic rings. The monoisotopic (exact) mass is 252 g/mol. The smallest absolute Gasteiger partial charge is 0.0991 e. The lowest BCUT2D eigenvalue weighted by Crippen LogP contribution is -2.28. The van der Waals surface area contributed by atoms with Crippen LogP contribution in [0.15, 0.2) is 54.6 Å². The summed E-state index contributed by atoms with van der Waals surface area (Å²) in [4.78, 5) is 0. The summed E-state index contributed by atoms with van der Waals surface area (Å²) in [5.74, 6) is 0. The van der Waals surface area contributed by atoms with Crippen LogP contribution in [0.3, 0.4) is 0 Å². The Balaban J connectivity index is 2.06. The number of aliphatic hydroxyl groups excluding tert-OH is 1. The highest BCUT2D eigenvalue weighted by Gasteiger charge is 2.17. The maximum atomic E-state index is 10.2. The van der Waals surface area contributed by atoms with Crippen LogP contribution in [0.5, 0.6) is 0 Å². The van der Waals surface area contributed by atoms with Crippen molar-refractivity contribution in [2.45, 2.75) is 18.6 Å². The minimum absolute atomic E-state index is 0.451. The van der Waals surface area contributed by atoms with Crippen LogP contribution in [0.4, 0.5) is 0 Å². The van der Waals surface area contributed by atoms with Crippen LogP contribution < -0.4 is 5.73 Å². The van der Waals surface area contributed by atoms with E-state index in [2.05, 4.69) is 6.07 Å². The van der Waals surface area contributed by atoms with Crippen molar-refractivity contribution in [2.75, 3.05) is 0 Å². The highest BCUT2D eigenvalue weighted by molar-refractivity contribution is 5.33. The Morgan fingerprint density at radius 3 is 2.26 bits per heavy atom. The molecular formula is C16H16N2O. The molecule has 96 valence electrons. The topological polar surface area (TPSA) is 70.0 Å². The number of nitrogens with two attached hydrogens (primary N) is 1. The number of hydrogen-bond donors (Lipinski definition) is 2. The molecule has 0 fully saturated rings. The average Bonchev–Trinajstić information content (AvgIpc) is 2.47. The number of aliphatic hydroxyl groups is 1. The van der Waals surface area contributed by atoms with E-state index in [0.717, 1.165) is 11.1 Å². The van der Waals surface area contributed by atoms with Gasteiger partial charge in [-0.25, -0.2) is 0 Å². The first-order valence-electron chi connectivity index (χ1n) is 6.18. The zero-order valence-corrected chi connectivity index (χ0v) is 10.5. The van der Waals surface area contributed by atoms with Crippen molar-refractivity contribution in [3.8, 4) is 6.07 Å². The molecule has 0 heterocycles. The highest BCUT2D eigenvalue weighted by Crippen LogP contribution is 2.18. The fraction of sp³-hybridized carbons (Fsp3) is 0.188. The van der Waals surface area contributed by atoms with Crippen molar-refractivity contribution in [3.05, 3.63) is 71.3 Å². The van der Waals surface area contributed by atoms with E-state index in [1.54, 1.807) is 24.3 Å². The normalized spacial score (nSPS) is 13.5.